The number of methoxy groups -OCH3 is 1. The second kappa shape index (κ2) is 6.67. The van der Waals surface area contributed by atoms with E-state index in [9.17, 15) is 4.79 Å². The Kier molecular flexibility index (Phi) is 5.12. The molecule has 0 amide bonds. The van der Waals surface area contributed by atoms with Crippen molar-refractivity contribution in [3.8, 4) is 0 Å². The van der Waals surface area contributed by atoms with Crippen molar-refractivity contribution in [2.45, 2.75) is 13.8 Å². The average Bonchev–Trinajstić information content (AvgIpc) is 2.47. The van der Waals surface area contributed by atoms with Gasteiger partial charge in [0.15, 0.2) is 0 Å². The van der Waals surface area contributed by atoms with Gasteiger partial charge in [-0.15, -0.1) is 0 Å². The molecule has 0 unspecified atom stereocenters. The van der Waals surface area contributed by atoms with Gasteiger partial charge in [0.1, 0.15) is 0 Å². The Balaban J connectivity index is 1.88. The summed E-state index contributed by atoms with van der Waals surface area (Å²) in [6.45, 7) is 8.41. The molecule has 0 N–H and O–H groups in total. The molecule has 0 spiro atoms. The minimum atomic E-state index is -0.461. The Morgan fingerprint density at radius 3 is 2.29 bits per heavy atom. The molecule has 1 saturated heterocycles. The number of benzene rings is 1. The van der Waals surface area contributed by atoms with Crippen LogP contribution >= 0.6 is 11.6 Å². The van der Waals surface area contributed by atoms with Crippen LogP contribution in [0.3, 0.4) is 0 Å². The maximum Gasteiger partial charge on any atom is 0.312 e. The van der Waals surface area contributed by atoms with Crippen LogP contribution in [0, 0.1) is 5.41 Å². The molecule has 0 saturated carbocycles. The summed E-state index contributed by atoms with van der Waals surface area (Å²) in [7, 11) is 1.45. The smallest absolute Gasteiger partial charge is 0.312 e. The minimum absolute atomic E-state index is 0.150. The topological polar surface area (TPSA) is 32.8 Å². The standard InChI is InChI=1S/C16H23ClN2O2/c1-16(2,15(20)21-3)12-18-8-10-19(11-9-18)14-6-4-13(17)5-7-14/h4-7H,8-12H2,1-3H3. The number of carbonyl (C=O) groups excluding carboxylic acids is 1. The molecule has 116 valence electrons. The van der Waals surface area contributed by atoms with E-state index in [1.165, 1.54) is 12.8 Å². The third kappa shape index (κ3) is 4.11. The summed E-state index contributed by atoms with van der Waals surface area (Å²) in [5.41, 5.74) is 0.739. The molecule has 0 aliphatic carbocycles. The van der Waals surface area contributed by atoms with Gasteiger partial charge >= 0.3 is 5.97 Å². The number of esters is 1. The maximum atomic E-state index is 11.8. The number of hydrogen-bond donors (Lipinski definition) is 0. The van der Waals surface area contributed by atoms with Crippen LogP contribution in [0.25, 0.3) is 0 Å². The van der Waals surface area contributed by atoms with Crippen LogP contribution in [0.4, 0.5) is 5.69 Å². The monoisotopic (exact) mass is 310 g/mol. The predicted octanol–water partition coefficient (Wildman–Crippen LogP) is 2.66. The number of ether oxygens (including phenoxy) is 1. The number of rotatable bonds is 4. The lowest BCUT2D eigenvalue weighted by molar-refractivity contribution is -0.151. The van der Waals surface area contributed by atoms with Gasteiger partial charge in [0.05, 0.1) is 12.5 Å². The van der Waals surface area contributed by atoms with E-state index in [2.05, 4.69) is 21.9 Å². The molecule has 1 aliphatic heterocycles. The predicted molar refractivity (Wildman–Crippen MR) is 85.9 cm³/mol. The second-order valence-corrected chi connectivity index (χ2v) is 6.55. The first kappa shape index (κ1) is 16.1. The highest BCUT2D eigenvalue weighted by Gasteiger charge is 2.32. The lowest BCUT2D eigenvalue weighted by atomic mass is 9.92. The Bertz CT molecular complexity index is 480. The highest BCUT2D eigenvalue weighted by molar-refractivity contribution is 6.30. The van der Waals surface area contributed by atoms with Crippen LogP contribution < -0.4 is 4.90 Å². The van der Waals surface area contributed by atoms with Crippen LogP contribution in [-0.4, -0.2) is 50.7 Å². The molecule has 1 aromatic rings. The summed E-state index contributed by atoms with van der Waals surface area (Å²) in [6.07, 6.45) is 0. The zero-order valence-electron chi connectivity index (χ0n) is 12.9. The van der Waals surface area contributed by atoms with Gasteiger partial charge in [-0.05, 0) is 38.1 Å². The molecule has 5 heteroatoms. The molecule has 0 radical (unpaired) electrons. The van der Waals surface area contributed by atoms with Crippen molar-refractivity contribution in [3.63, 3.8) is 0 Å². The average molecular weight is 311 g/mol. The highest BCUT2D eigenvalue weighted by atomic mass is 35.5. The maximum absolute atomic E-state index is 11.8. The van der Waals surface area contributed by atoms with Crippen molar-refractivity contribution in [1.82, 2.24) is 4.90 Å². The van der Waals surface area contributed by atoms with Crippen molar-refractivity contribution in [3.05, 3.63) is 29.3 Å². The fourth-order valence-electron chi connectivity index (χ4n) is 2.72. The summed E-state index contributed by atoms with van der Waals surface area (Å²) in [6, 6.07) is 7.94. The van der Waals surface area contributed by atoms with E-state index in [1.807, 2.05) is 26.0 Å². The van der Waals surface area contributed by atoms with Crippen LogP contribution in [0.15, 0.2) is 24.3 Å². The molecule has 1 aliphatic rings. The number of piperazine rings is 1. The SMILES string of the molecule is COC(=O)C(C)(C)CN1CCN(c2ccc(Cl)cc2)CC1. The van der Waals surface area contributed by atoms with Crippen LogP contribution in [0.1, 0.15) is 13.8 Å². The Morgan fingerprint density at radius 2 is 1.76 bits per heavy atom. The summed E-state index contributed by atoms with van der Waals surface area (Å²) in [5.74, 6) is -0.150. The summed E-state index contributed by atoms with van der Waals surface area (Å²) in [5, 5.41) is 0.761. The molecular weight excluding hydrogens is 288 g/mol. The van der Waals surface area contributed by atoms with Crippen LogP contribution in [-0.2, 0) is 9.53 Å². The van der Waals surface area contributed by atoms with E-state index in [-0.39, 0.29) is 5.97 Å². The quantitative estimate of drug-likeness (QED) is 0.801. The van der Waals surface area contributed by atoms with E-state index in [1.54, 1.807) is 0 Å². The van der Waals surface area contributed by atoms with Gasteiger partial charge < -0.3 is 9.64 Å². The first-order valence-electron chi connectivity index (χ1n) is 7.24. The van der Waals surface area contributed by atoms with E-state index < -0.39 is 5.41 Å². The molecule has 21 heavy (non-hydrogen) atoms. The third-order valence-electron chi connectivity index (χ3n) is 3.92. The minimum Gasteiger partial charge on any atom is -0.469 e. The number of hydrogen-bond acceptors (Lipinski definition) is 4. The third-order valence-corrected chi connectivity index (χ3v) is 4.17. The Labute approximate surface area is 131 Å². The summed E-state index contributed by atoms with van der Waals surface area (Å²) >= 11 is 5.92. The molecule has 4 nitrogen and oxygen atoms in total. The number of nitrogens with zero attached hydrogens (tertiary/aromatic N) is 2. The van der Waals surface area contributed by atoms with Gasteiger partial charge in [0.2, 0.25) is 0 Å². The fraction of sp³-hybridized carbons (Fsp3) is 0.562. The normalized spacial score (nSPS) is 16.9. The van der Waals surface area contributed by atoms with Gasteiger partial charge in [0, 0.05) is 43.4 Å². The van der Waals surface area contributed by atoms with Crippen molar-refractivity contribution in [2.24, 2.45) is 5.41 Å². The first-order chi connectivity index (χ1) is 9.92. The van der Waals surface area contributed by atoms with E-state index in [0.29, 0.717) is 0 Å². The molecule has 1 aromatic carbocycles. The number of carbonyl (C=O) groups is 1. The van der Waals surface area contributed by atoms with E-state index in [4.69, 9.17) is 16.3 Å². The second-order valence-electron chi connectivity index (χ2n) is 6.12. The Morgan fingerprint density at radius 1 is 1.19 bits per heavy atom. The fourth-order valence-corrected chi connectivity index (χ4v) is 2.84. The largest absolute Gasteiger partial charge is 0.469 e. The molecule has 1 heterocycles. The van der Waals surface area contributed by atoms with Crippen LogP contribution in [0.5, 0.6) is 0 Å². The molecule has 0 aromatic heterocycles. The molecular formula is C16H23ClN2O2. The number of halogens is 1. The van der Waals surface area contributed by atoms with Crippen molar-refractivity contribution in [2.75, 3.05) is 44.7 Å². The van der Waals surface area contributed by atoms with Gasteiger partial charge in [0.25, 0.3) is 0 Å². The van der Waals surface area contributed by atoms with Gasteiger partial charge in [-0.2, -0.15) is 0 Å². The van der Waals surface area contributed by atoms with Crippen molar-refractivity contribution in [1.29, 1.82) is 0 Å². The molecule has 0 atom stereocenters. The van der Waals surface area contributed by atoms with Gasteiger partial charge in [-0.3, -0.25) is 9.69 Å². The van der Waals surface area contributed by atoms with Gasteiger partial charge in [-0.1, -0.05) is 11.6 Å². The molecule has 0 bridgehead atoms. The summed E-state index contributed by atoms with van der Waals surface area (Å²) < 4.78 is 4.87. The Hall–Kier alpha value is -1.26. The van der Waals surface area contributed by atoms with E-state index >= 15 is 0 Å². The summed E-state index contributed by atoms with van der Waals surface area (Å²) in [4.78, 5) is 16.4. The van der Waals surface area contributed by atoms with Crippen LogP contribution in [0.2, 0.25) is 5.02 Å². The number of anilines is 1. The molecule has 2 rings (SSSR count). The zero-order chi connectivity index (χ0) is 15.5. The van der Waals surface area contributed by atoms with Gasteiger partial charge in [-0.25, -0.2) is 0 Å². The van der Waals surface area contributed by atoms with E-state index in [0.717, 1.165) is 37.7 Å². The highest BCUT2D eigenvalue weighted by Crippen LogP contribution is 2.22. The zero-order valence-corrected chi connectivity index (χ0v) is 13.7. The molecule has 1 fully saturated rings. The van der Waals surface area contributed by atoms with Crippen molar-refractivity contribution >= 4 is 23.3 Å². The first-order valence-corrected chi connectivity index (χ1v) is 7.61. The lowest BCUT2D eigenvalue weighted by Gasteiger charge is -2.38. The lowest BCUT2D eigenvalue weighted by Crippen LogP contribution is -2.50. The van der Waals surface area contributed by atoms with Crippen molar-refractivity contribution < 1.29 is 9.53 Å².